The smallest absolute Gasteiger partial charge is 0.283 e. The minimum Gasteiger partial charge on any atom is -0.335 e. The zero-order chi connectivity index (χ0) is 14.9. The van der Waals surface area contributed by atoms with Crippen molar-refractivity contribution in [2.45, 2.75) is 19.4 Å². The molecule has 0 bridgehead atoms. The Balaban J connectivity index is 0.00000220. The van der Waals surface area contributed by atoms with Crippen molar-refractivity contribution in [3.8, 4) is 0 Å². The fourth-order valence-electron chi connectivity index (χ4n) is 2.62. The second-order valence-electron chi connectivity index (χ2n) is 5.04. The van der Waals surface area contributed by atoms with Gasteiger partial charge in [0.2, 0.25) is 0 Å². The summed E-state index contributed by atoms with van der Waals surface area (Å²) in [4.78, 5) is 24.6. The van der Waals surface area contributed by atoms with Gasteiger partial charge in [0.15, 0.2) is 0 Å². The fourth-order valence-corrected chi connectivity index (χ4v) is 2.87. The molecule has 0 spiro atoms. The number of likely N-dealkylation sites (tertiary alicyclic amines) is 1. The number of carbonyl (C=O) groups is 1. The Morgan fingerprint density at radius 1 is 1.57 bits per heavy atom. The number of nitro groups is 1. The van der Waals surface area contributed by atoms with Crippen molar-refractivity contribution in [1.82, 2.24) is 4.90 Å². The largest absolute Gasteiger partial charge is 0.335 e. The Hall–Kier alpha value is -1.37. The number of nitrogens with two attached hydrogens (primary N) is 1. The van der Waals surface area contributed by atoms with Crippen LogP contribution in [0, 0.1) is 16.0 Å². The van der Waals surface area contributed by atoms with Gasteiger partial charge in [-0.1, -0.05) is 17.7 Å². The predicted molar refractivity (Wildman–Crippen MR) is 83.0 cm³/mol. The first-order chi connectivity index (χ1) is 9.45. The molecule has 21 heavy (non-hydrogen) atoms. The van der Waals surface area contributed by atoms with Gasteiger partial charge in [0.25, 0.3) is 11.6 Å². The first kappa shape index (κ1) is 17.7. The van der Waals surface area contributed by atoms with E-state index >= 15 is 0 Å². The normalized spacial score (nSPS) is 21.0. The monoisotopic (exact) mass is 333 g/mol. The van der Waals surface area contributed by atoms with Gasteiger partial charge in [-0.05, 0) is 31.9 Å². The van der Waals surface area contributed by atoms with Crippen LogP contribution in [-0.2, 0) is 0 Å². The van der Waals surface area contributed by atoms with Crippen molar-refractivity contribution in [1.29, 1.82) is 0 Å². The van der Waals surface area contributed by atoms with E-state index in [1.165, 1.54) is 18.2 Å². The molecule has 2 atom stereocenters. The molecule has 1 amide bonds. The van der Waals surface area contributed by atoms with Gasteiger partial charge >= 0.3 is 0 Å². The number of hydrogen-bond donors (Lipinski definition) is 1. The fraction of sp³-hybridized carbons (Fsp3) is 0.462. The van der Waals surface area contributed by atoms with Crippen LogP contribution in [0.25, 0.3) is 0 Å². The summed E-state index contributed by atoms with van der Waals surface area (Å²) in [6.45, 7) is 2.92. The highest BCUT2D eigenvalue weighted by molar-refractivity contribution is 6.34. The van der Waals surface area contributed by atoms with Gasteiger partial charge in [-0.2, -0.15) is 0 Å². The number of amides is 1. The Kier molecular flexibility index (Phi) is 5.95. The Labute approximate surface area is 133 Å². The molecule has 6 nitrogen and oxygen atoms in total. The molecule has 2 unspecified atom stereocenters. The van der Waals surface area contributed by atoms with E-state index in [9.17, 15) is 14.9 Å². The Morgan fingerprint density at radius 2 is 2.24 bits per heavy atom. The van der Waals surface area contributed by atoms with Crippen LogP contribution in [-0.4, -0.2) is 34.9 Å². The zero-order valence-corrected chi connectivity index (χ0v) is 13.1. The standard InChI is InChI=1S/C13H16ClN3O3.ClH/c1-8-5-9(6-15)7-16(8)13(18)12-10(14)3-2-4-11(12)17(19)20;/h2-4,8-9H,5-7,15H2,1H3;1H. The lowest BCUT2D eigenvalue weighted by Gasteiger charge is -2.21. The molecule has 116 valence electrons. The number of nitro benzene ring substituents is 1. The van der Waals surface area contributed by atoms with E-state index in [2.05, 4.69) is 0 Å². The van der Waals surface area contributed by atoms with Crippen LogP contribution >= 0.6 is 24.0 Å². The summed E-state index contributed by atoms with van der Waals surface area (Å²) in [5, 5.41) is 11.2. The molecule has 1 fully saturated rings. The van der Waals surface area contributed by atoms with Crippen molar-refractivity contribution in [2.75, 3.05) is 13.1 Å². The lowest BCUT2D eigenvalue weighted by atomic mass is 10.1. The van der Waals surface area contributed by atoms with Gasteiger partial charge in [-0.25, -0.2) is 0 Å². The summed E-state index contributed by atoms with van der Waals surface area (Å²) in [6, 6.07) is 4.25. The molecule has 0 aliphatic carbocycles. The molecular formula is C13H17Cl2N3O3. The number of rotatable bonds is 3. The molecule has 8 heteroatoms. The highest BCUT2D eigenvalue weighted by Gasteiger charge is 2.35. The lowest BCUT2D eigenvalue weighted by molar-refractivity contribution is -0.385. The summed E-state index contributed by atoms with van der Waals surface area (Å²) in [7, 11) is 0. The van der Waals surface area contributed by atoms with E-state index in [-0.39, 0.29) is 40.6 Å². The summed E-state index contributed by atoms with van der Waals surface area (Å²) < 4.78 is 0. The van der Waals surface area contributed by atoms with Gasteiger partial charge in [-0.15, -0.1) is 12.4 Å². The maximum atomic E-state index is 12.6. The van der Waals surface area contributed by atoms with E-state index in [1.807, 2.05) is 6.92 Å². The van der Waals surface area contributed by atoms with Gasteiger partial charge < -0.3 is 10.6 Å². The second kappa shape index (κ2) is 7.06. The maximum Gasteiger partial charge on any atom is 0.283 e. The van der Waals surface area contributed by atoms with Crippen molar-refractivity contribution in [3.63, 3.8) is 0 Å². The molecular weight excluding hydrogens is 317 g/mol. The van der Waals surface area contributed by atoms with Crippen molar-refractivity contribution in [2.24, 2.45) is 11.7 Å². The van der Waals surface area contributed by atoms with E-state index < -0.39 is 10.8 Å². The number of nitrogens with zero attached hydrogens (tertiary/aromatic N) is 2. The highest BCUT2D eigenvalue weighted by Crippen LogP contribution is 2.31. The van der Waals surface area contributed by atoms with Gasteiger partial charge in [0.05, 0.1) is 9.95 Å². The molecule has 1 aliphatic heterocycles. The average molecular weight is 334 g/mol. The molecule has 1 aliphatic rings. The third kappa shape index (κ3) is 3.45. The van der Waals surface area contributed by atoms with Crippen LogP contribution < -0.4 is 5.73 Å². The minimum atomic E-state index is -0.583. The first-order valence-electron chi connectivity index (χ1n) is 6.39. The van der Waals surface area contributed by atoms with Crippen molar-refractivity contribution >= 4 is 35.6 Å². The topological polar surface area (TPSA) is 89.5 Å². The summed E-state index contributed by atoms with van der Waals surface area (Å²) in [6.07, 6.45) is 0.806. The van der Waals surface area contributed by atoms with Gasteiger partial charge in [0, 0.05) is 18.7 Å². The Bertz CT molecular complexity index is 553. The Morgan fingerprint density at radius 3 is 2.76 bits per heavy atom. The van der Waals surface area contributed by atoms with E-state index in [1.54, 1.807) is 4.90 Å². The van der Waals surface area contributed by atoms with Gasteiger partial charge in [0.1, 0.15) is 5.56 Å². The minimum absolute atomic E-state index is 0. The zero-order valence-electron chi connectivity index (χ0n) is 11.5. The number of halogens is 2. The molecule has 1 aromatic rings. The highest BCUT2D eigenvalue weighted by atomic mass is 35.5. The quantitative estimate of drug-likeness (QED) is 0.679. The summed E-state index contributed by atoms with van der Waals surface area (Å²) in [5.41, 5.74) is 5.34. The lowest BCUT2D eigenvalue weighted by Crippen LogP contribution is -2.35. The van der Waals surface area contributed by atoms with E-state index in [0.717, 1.165) is 6.42 Å². The summed E-state index contributed by atoms with van der Waals surface area (Å²) >= 11 is 5.99. The molecule has 2 N–H and O–H groups in total. The SMILES string of the molecule is CC1CC(CN)CN1C(=O)c1c(Cl)cccc1[N+](=O)[O-].Cl. The van der Waals surface area contributed by atoms with Crippen LogP contribution in [0.15, 0.2) is 18.2 Å². The predicted octanol–water partition coefficient (Wildman–Crippen LogP) is 2.48. The van der Waals surface area contributed by atoms with E-state index in [4.69, 9.17) is 17.3 Å². The second-order valence-corrected chi connectivity index (χ2v) is 5.44. The van der Waals surface area contributed by atoms with Crippen molar-refractivity contribution in [3.05, 3.63) is 38.9 Å². The first-order valence-corrected chi connectivity index (χ1v) is 6.77. The molecule has 2 rings (SSSR count). The molecule has 0 aromatic heterocycles. The van der Waals surface area contributed by atoms with E-state index in [0.29, 0.717) is 13.1 Å². The number of hydrogen-bond acceptors (Lipinski definition) is 4. The number of carbonyl (C=O) groups excluding carboxylic acids is 1. The van der Waals surface area contributed by atoms with Crippen LogP contribution in [0.1, 0.15) is 23.7 Å². The molecule has 1 aromatic carbocycles. The maximum absolute atomic E-state index is 12.6. The van der Waals surface area contributed by atoms with Gasteiger partial charge in [-0.3, -0.25) is 14.9 Å². The summed E-state index contributed by atoms with van der Waals surface area (Å²) in [5.74, 6) is -0.166. The third-order valence-electron chi connectivity index (χ3n) is 3.66. The number of benzene rings is 1. The molecule has 0 radical (unpaired) electrons. The van der Waals surface area contributed by atoms with Crippen LogP contribution in [0.3, 0.4) is 0 Å². The molecule has 1 heterocycles. The van der Waals surface area contributed by atoms with Crippen LogP contribution in [0.4, 0.5) is 5.69 Å². The third-order valence-corrected chi connectivity index (χ3v) is 3.97. The molecule has 0 saturated carbocycles. The molecule has 1 saturated heterocycles. The average Bonchev–Trinajstić information content (AvgIpc) is 2.79. The van der Waals surface area contributed by atoms with Crippen LogP contribution in [0.5, 0.6) is 0 Å². The van der Waals surface area contributed by atoms with Crippen LogP contribution in [0.2, 0.25) is 5.02 Å². The van der Waals surface area contributed by atoms with Crippen molar-refractivity contribution < 1.29 is 9.72 Å².